The van der Waals surface area contributed by atoms with Gasteiger partial charge in [-0.05, 0) is 0 Å². The third-order valence-corrected chi connectivity index (χ3v) is 1.71. The van der Waals surface area contributed by atoms with Crippen LogP contribution in [-0.2, 0) is 4.79 Å². The molecule has 3 amide bonds. The van der Waals surface area contributed by atoms with Gasteiger partial charge in [0.25, 0.3) is 0 Å². The van der Waals surface area contributed by atoms with Crippen molar-refractivity contribution in [1.29, 1.82) is 0 Å². The highest BCUT2D eigenvalue weighted by atomic mass is 32.1. The van der Waals surface area contributed by atoms with Crippen LogP contribution in [0.15, 0.2) is 12.2 Å². The molecule has 1 saturated heterocycles. The fraction of sp³-hybridized carbons (Fsp3) is 0.429. The Balaban J connectivity index is 2.45. The zero-order valence-electron chi connectivity index (χ0n) is 6.49. The standard InChI is InChI=1S/C7H10N2O2S/c10-6-5-8-7(11)9(6)3-1-2-4-12/h1-2,12H,3-5H2,(H,8,11). The summed E-state index contributed by atoms with van der Waals surface area (Å²) >= 11 is 3.95. The number of carbonyl (C=O) groups is 2. The van der Waals surface area contributed by atoms with Crippen LogP contribution in [0.5, 0.6) is 0 Å². The lowest BCUT2D eigenvalue weighted by Gasteiger charge is -2.07. The monoisotopic (exact) mass is 186 g/mol. The van der Waals surface area contributed by atoms with Crippen LogP contribution >= 0.6 is 12.6 Å². The minimum atomic E-state index is -0.316. The van der Waals surface area contributed by atoms with E-state index in [-0.39, 0.29) is 18.5 Å². The van der Waals surface area contributed by atoms with Crippen LogP contribution in [0.4, 0.5) is 4.79 Å². The van der Waals surface area contributed by atoms with E-state index in [9.17, 15) is 9.59 Å². The number of rotatable bonds is 3. The van der Waals surface area contributed by atoms with E-state index in [2.05, 4.69) is 17.9 Å². The van der Waals surface area contributed by atoms with Crippen LogP contribution in [0, 0.1) is 0 Å². The second-order valence-corrected chi connectivity index (χ2v) is 2.68. The summed E-state index contributed by atoms with van der Waals surface area (Å²) in [5.74, 6) is 0.438. The normalized spacial score (nSPS) is 17.6. The minimum absolute atomic E-state index is 0.119. The first-order valence-electron chi connectivity index (χ1n) is 3.59. The van der Waals surface area contributed by atoms with Gasteiger partial charge in [0.15, 0.2) is 0 Å². The largest absolute Gasteiger partial charge is 0.329 e. The highest BCUT2D eigenvalue weighted by molar-refractivity contribution is 7.80. The Kier molecular flexibility index (Phi) is 3.16. The molecule has 0 saturated carbocycles. The molecule has 1 aliphatic heterocycles. The van der Waals surface area contributed by atoms with Crippen molar-refractivity contribution in [3.8, 4) is 0 Å². The highest BCUT2D eigenvalue weighted by Gasteiger charge is 2.26. The Bertz CT molecular complexity index is 211. The maximum absolute atomic E-state index is 11.0. The smallest absolute Gasteiger partial charge is 0.324 e. The predicted molar refractivity (Wildman–Crippen MR) is 48.1 cm³/mol. The lowest BCUT2D eigenvalue weighted by molar-refractivity contribution is -0.124. The lowest BCUT2D eigenvalue weighted by Crippen LogP contribution is -2.30. The van der Waals surface area contributed by atoms with Gasteiger partial charge in [0.05, 0.1) is 6.54 Å². The summed E-state index contributed by atoms with van der Waals surface area (Å²) in [5.41, 5.74) is 0. The number of hydrogen-bond donors (Lipinski definition) is 2. The van der Waals surface area contributed by atoms with Gasteiger partial charge in [-0.15, -0.1) is 0 Å². The number of nitrogens with zero attached hydrogens (tertiary/aromatic N) is 1. The highest BCUT2D eigenvalue weighted by Crippen LogP contribution is 1.98. The summed E-state index contributed by atoms with van der Waals surface area (Å²) in [6.07, 6.45) is 3.54. The molecule has 0 aromatic rings. The fourth-order valence-corrected chi connectivity index (χ4v) is 1.04. The Morgan fingerprint density at radius 1 is 1.50 bits per heavy atom. The molecule has 0 unspecified atom stereocenters. The fourth-order valence-electron chi connectivity index (χ4n) is 0.895. The molecule has 4 nitrogen and oxygen atoms in total. The lowest BCUT2D eigenvalue weighted by atomic mass is 10.4. The molecule has 1 N–H and O–H groups in total. The van der Waals surface area contributed by atoms with Gasteiger partial charge in [0, 0.05) is 12.3 Å². The number of hydrogen-bond acceptors (Lipinski definition) is 3. The van der Waals surface area contributed by atoms with Crippen LogP contribution in [-0.4, -0.2) is 35.7 Å². The van der Waals surface area contributed by atoms with Crippen LogP contribution in [0.3, 0.4) is 0 Å². The van der Waals surface area contributed by atoms with Crippen molar-refractivity contribution in [3.05, 3.63) is 12.2 Å². The molecule has 0 radical (unpaired) electrons. The average Bonchev–Trinajstić information content (AvgIpc) is 2.35. The maximum atomic E-state index is 11.0. The molecule has 0 atom stereocenters. The van der Waals surface area contributed by atoms with Crippen LogP contribution in [0.1, 0.15) is 0 Å². The van der Waals surface area contributed by atoms with E-state index in [4.69, 9.17) is 0 Å². The van der Waals surface area contributed by atoms with Crippen LogP contribution in [0.2, 0.25) is 0 Å². The average molecular weight is 186 g/mol. The molecule has 66 valence electrons. The molecule has 0 spiro atoms. The van der Waals surface area contributed by atoms with Gasteiger partial charge in [-0.2, -0.15) is 12.6 Å². The van der Waals surface area contributed by atoms with Crippen molar-refractivity contribution < 1.29 is 9.59 Å². The van der Waals surface area contributed by atoms with Crippen molar-refractivity contribution in [2.75, 3.05) is 18.8 Å². The van der Waals surface area contributed by atoms with Crippen molar-refractivity contribution in [2.24, 2.45) is 0 Å². The maximum Gasteiger partial charge on any atom is 0.324 e. The van der Waals surface area contributed by atoms with Crippen LogP contribution < -0.4 is 5.32 Å². The molecular formula is C7H10N2O2S. The summed E-state index contributed by atoms with van der Waals surface area (Å²) in [6.45, 7) is 0.457. The summed E-state index contributed by atoms with van der Waals surface area (Å²) in [5, 5.41) is 2.43. The van der Waals surface area contributed by atoms with E-state index in [1.54, 1.807) is 12.2 Å². The third-order valence-electron chi connectivity index (χ3n) is 1.50. The number of nitrogens with one attached hydrogen (secondary N) is 1. The van der Waals surface area contributed by atoms with Gasteiger partial charge >= 0.3 is 6.03 Å². The van der Waals surface area contributed by atoms with E-state index in [1.165, 1.54) is 4.90 Å². The Labute approximate surface area is 76.0 Å². The molecule has 1 heterocycles. The molecule has 0 bridgehead atoms. The molecule has 0 aromatic carbocycles. The van der Waals surface area contributed by atoms with Gasteiger partial charge in [-0.25, -0.2) is 4.79 Å². The Morgan fingerprint density at radius 3 is 2.75 bits per heavy atom. The molecule has 1 rings (SSSR count). The van der Waals surface area contributed by atoms with Crippen molar-refractivity contribution >= 4 is 24.6 Å². The quantitative estimate of drug-likeness (QED) is 0.371. The van der Waals surface area contributed by atoms with Gasteiger partial charge < -0.3 is 5.32 Å². The van der Waals surface area contributed by atoms with E-state index >= 15 is 0 Å². The van der Waals surface area contributed by atoms with E-state index in [1.807, 2.05) is 0 Å². The molecule has 1 fully saturated rings. The predicted octanol–water partition coefficient (Wildman–Crippen LogP) is 0.0242. The van der Waals surface area contributed by atoms with Gasteiger partial charge in [-0.3, -0.25) is 9.69 Å². The van der Waals surface area contributed by atoms with Crippen molar-refractivity contribution in [2.45, 2.75) is 0 Å². The molecular weight excluding hydrogens is 176 g/mol. The Morgan fingerprint density at radius 2 is 2.25 bits per heavy atom. The van der Waals surface area contributed by atoms with E-state index in [0.717, 1.165) is 0 Å². The number of urea groups is 1. The Hall–Kier alpha value is -0.970. The van der Waals surface area contributed by atoms with Gasteiger partial charge in [0.2, 0.25) is 5.91 Å². The minimum Gasteiger partial charge on any atom is -0.329 e. The van der Waals surface area contributed by atoms with Gasteiger partial charge in [-0.1, -0.05) is 12.2 Å². The topological polar surface area (TPSA) is 49.4 Å². The zero-order valence-corrected chi connectivity index (χ0v) is 7.38. The third kappa shape index (κ3) is 2.01. The van der Waals surface area contributed by atoms with E-state index in [0.29, 0.717) is 12.3 Å². The first-order chi connectivity index (χ1) is 5.75. The summed E-state index contributed by atoms with van der Waals surface area (Å²) in [7, 11) is 0. The zero-order chi connectivity index (χ0) is 8.97. The van der Waals surface area contributed by atoms with Crippen molar-refractivity contribution in [1.82, 2.24) is 10.2 Å². The molecule has 0 aromatic heterocycles. The number of amides is 3. The molecule has 5 heteroatoms. The summed E-state index contributed by atoms with van der Waals surface area (Å²) in [4.78, 5) is 23.1. The summed E-state index contributed by atoms with van der Waals surface area (Å²) < 4.78 is 0. The van der Waals surface area contributed by atoms with Gasteiger partial charge in [0.1, 0.15) is 0 Å². The van der Waals surface area contributed by atoms with E-state index < -0.39 is 0 Å². The second kappa shape index (κ2) is 4.15. The van der Waals surface area contributed by atoms with Crippen molar-refractivity contribution in [3.63, 3.8) is 0 Å². The number of imide groups is 1. The molecule has 12 heavy (non-hydrogen) atoms. The first-order valence-corrected chi connectivity index (χ1v) is 4.23. The first kappa shape index (κ1) is 9.12. The SMILES string of the molecule is O=C1CNC(=O)N1CC=CCS. The molecule has 0 aliphatic carbocycles. The second-order valence-electron chi connectivity index (χ2n) is 2.32. The van der Waals surface area contributed by atoms with Crippen LogP contribution in [0.25, 0.3) is 0 Å². The summed E-state index contributed by atoms with van der Waals surface area (Å²) in [6, 6.07) is -0.316. The molecule has 1 aliphatic rings. The number of carbonyl (C=O) groups excluding carboxylic acids is 2. The number of thiol groups is 1.